The summed E-state index contributed by atoms with van der Waals surface area (Å²) in [6.45, 7) is 0.540. The molecule has 0 atom stereocenters. The van der Waals surface area contributed by atoms with Gasteiger partial charge in [0.05, 0.1) is 5.69 Å². The zero-order valence-electron chi connectivity index (χ0n) is 16.3. The summed E-state index contributed by atoms with van der Waals surface area (Å²) in [6, 6.07) is 20.7. The fraction of sp³-hybridized carbons (Fsp3) is 0.167. The molecule has 5 nitrogen and oxygen atoms in total. The lowest BCUT2D eigenvalue weighted by molar-refractivity contribution is -0.121. The van der Waals surface area contributed by atoms with E-state index in [4.69, 9.17) is 4.74 Å². The Morgan fingerprint density at radius 3 is 2.67 bits per heavy atom. The van der Waals surface area contributed by atoms with Crippen LogP contribution in [0, 0.1) is 5.82 Å². The minimum Gasteiger partial charge on any atom is -0.482 e. The molecule has 0 radical (unpaired) electrons. The number of rotatable bonds is 6. The van der Waals surface area contributed by atoms with Gasteiger partial charge in [0.15, 0.2) is 6.61 Å². The number of carbonyl (C=O) groups is 2. The van der Waals surface area contributed by atoms with Crippen LogP contribution in [0.3, 0.4) is 0 Å². The van der Waals surface area contributed by atoms with Gasteiger partial charge in [-0.2, -0.15) is 0 Å². The van der Waals surface area contributed by atoms with Gasteiger partial charge in [-0.05, 0) is 54.8 Å². The van der Waals surface area contributed by atoms with E-state index in [2.05, 4.69) is 17.4 Å². The lowest BCUT2D eigenvalue weighted by Crippen LogP contribution is -2.39. The average molecular weight is 404 g/mol. The van der Waals surface area contributed by atoms with Crippen molar-refractivity contribution in [3.05, 3.63) is 89.7 Å². The standard InChI is InChI=1S/C24H21FN2O3/c25-19-10-4-9-18(14-19)24(29)26-20-11-12-22-21(15-20)27(23(28)16-30-22)13-5-8-17-6-2-1-3-7-17/h1-4,6-7,9-12,14-15H,5,8,13,16H2,(H,26,29). The number of hydrogen-bond donors (Lipinski definition) is 1. The Balaban J connectivity index is 1.49. The Morgan fingerprint density at radius 2 is 1.87 bits per heavy atom. The highest BCUT2D eigenvalue weighted by Crippen LogP contribution is 2.35. The Bertz CT molecular complexity index is 1070. The van der Waals surface area contributed by atoms with E-state index in [-0.39, 0.29) is 18.1 Å². The average Bonchev–Trinajstić information content (AvgIpc) is 2.76. The second kappa shape index (κ2) is 8.78. The summed E-state index contributed by atoms with van der Waals surface area (Å²) in [7, 11) is 0. The molecule has 0 aliphatic carbocycles. The predicted octanol–water partition coefficient (Wildman–Crippen LogP) is 4.44. The second-order valence-corrected chi connectivity index (χ2v) is 7.07. The Morgan fingerprint density at radius 1 is 1.03 bits per heavy atom. The van der Waals surface area contributed by atoms with Crippen LogP contribution in [0.15, 0.2) is 72.8 Å². The van der Waals surface area contributed by atoms with E-state index < -0.39 is 11.7 Å². The number of aryl methyl sites for hydroxylation is 1. The molecule has 0 bridgehead atoms. The number of benzene rings is 3. The van der Waals surface area contributed by atoms with Crippen molar-refractivity contribution in [3.8, 4) is 5.75 Å². The largest absolute Gasteiger partial charge is 0.482 e. The SMILES string of the molecule is O=C(Nc1ccc2c(c1)N(CCCc1ccccc1)C(=O)CO2)c1cccc(F)c1. The first-order valence-corrected chi connectivity index (χ1v) is 9.78. The molecule has 1 N–H and O–H groups in total. The number of hydrogen-bond acceptors (Lipinski definition) is 3. The summed E-state index contributed by atoms with van der Waals surface area (Å²) >= 11 is 0. The van der Waals surface area contributed by atoms with E-state index in [0.29, 0.717) is 23.7 Å². The van der Waals surface area contributed by atoms with Gasteiger partial charge in [0.2, 0.25) is 0 Å². The highest BCUT2D eigenvalue weighted by atomic mass is 19.1. The third kappa shape index (κ3) is 4.49. The fourth-order valence-corrected chi connectivity index (χ4v) is 3.44. The molecule has 3 aromatic rings. The molecule has 3 aromatic carbocycles. The number of ether oxygens (including phenoxy) is 1. The van der Waals surface area contributed by atoms with Gasteiger partial charge in [-0.3, -0.25) is 9.59 Å². The van der Waals surface area contributed by atoms with E-state index in [1.54, 1.807) is 29.2 Å². The number of nitrogens with zero attached hydrogens (tertiary/aromatic N) is 1. The van der Waals surface area contributed by atoms with Gasteiger partial charge in [-0.25, -0.2) is 4.39 Å². The number of fused-ring (bicyclic) bond motifs is 1. The van der Waals surface area contributed by atoms with Crippen LogP contribution in [0.4, 0.5) is 15.8 Å². The van der Waals surface area contributed by atoms with Crippen LogP contribution >= 0.6 is 0 Å². The highest BCUT2D eigenvalue weighted by Gasteiger charge is 2.25. The first-order valence-electron chi connectivity index (χ1n) is 9.78. The summed E-state index contributed by atoms with van der Waals surface area (Å²) in [5, 5.41) is 2.75. The molecule has 0 fully saturated rings. The third-order valence-corrected chi connectivity index (χ3v) is 4.94. The normalized spacial score (nSPS) is 12.8. The maximum absolute atomic E-state index is 13.4. The van der Waals surface area contributed by atoms with Gasteiger partial charge in [0.1, 0.15) is 11.6 Å². The maximum Gasteiger partial charge on any atom is 0.265 e. The van der Waals surface area contributed by atoms with Crippen molar-refractivity contribution in [3.63, 3.8) is 0 Å². The fourth-order valence-electron chi connectivity index (χ4n) is 3.44. The number of halogens is 1. The first kappa shape index (κ1) is 19.6. The first-order chi connectivity index (χ1) is 14.6. The number of amides is 2. The van der Waals surface area contributed by atoms with E-state index in [1.165, 1.54) is 23.8 Å². The van der Waals surface area contributed by atoms with E-state index in [9.17, 15) is 14.0 Å². The van der Waals surface area contributed by atoms with E-state index >= 15 is 0 Å². The molecule has 0 saturated heterocycles. The molecule has 0 saturated carbocycles. The summed E-state index contributed by atoms with van der Waals surface area (Å²) in [5.74, 6) is -0.424. The number of carbonyl (C=O) groups excluding carboxylic acids is 2. The second-order valence-electron chi connectivity index (χ2n) is 7.07. The van der Waals surface area contributed by atoms with Gasteiger partial charge in [0.25, 0.3) is 11.8 Å². The van der Waals surface area contributed by atoms with Crippen molar-refractivity contribution < 1.29 is 18.7 Å². The van der Waals surface area contributed by atoms with Gasteiger partial charge >= 0.3 is 0 Å². The highest BCUT2D eigenvalue weighted by molar-refractivity contribution is 6.05. The van der Waals surface area contributed by atoms with Gasteiger partial charge < -0.3 is 15.0 Å². The third-order valence-electron chi connectivity index (χ3n) is 4.94. The van der Waals surface area contributed by atoms with Crippen LogP contribution in [-0.4, -0.2) is 25.0 Å². The molecular formula is C24H21FN2O3. The van der Waals surface area contributed by atoms with Crippen molar-refractivity contribution in [2.45, 2.75) is 12.8 Å². The monoisotopic (exact) mass is 404 g/mol. The molecule has 0 aromatic heterocycles. The van der Waals surface area contributed by atoms with Crippen molar-refractivity contribution in [1.82, 2.24) is 0 Å². The van der Waals surface area contributed by atoms with Crippen molar-refractivity contribution in [2.24, 2.45) is 0 Å². The Hall–Kier alpha value is -3.67. The van der Waals surface area contributed by atoms with Gasteiger partial charge in [-0.15, -0.1) is 0 Å². The van der Waals surface area contributed by atoms with Crippen molar-refractivity contribution in [2.75, 3.05) is 23.4 Å². The van der Waals surface area contributed by atoms with Crippen LogP contribution < -0.4 is 15.0 Å². The summed E-state index contributed by atoms with van der Waals surface area (Å²) in [5.41, 5.74) is 2.57. The molecule has 6 heteroatoms. The lowest BCUT2D eigenvalue weighted by atomic mass is 10.1. The molecule has 1 heterocycles. The topological polar surface area (TPSA) is 58.6 Å². The summed E-state index contributed by atoms with van der Waals surface area (Å²) < 4.78 is 18.9. The summed E-state index contributed by atoms with van der Waals surface area (Å²) in [4.78, 5) is 26.6. The minimum atomic E-state index is -0.475. The predicted molar refractivity (Wildman–Crippen MR) is 113 cm³/mol. The minimum absolute atomic E-state index is 0.00661. The Kier molecular flexibility index (Phi) is 5.75. The van der Waals surface area contributed by atoms with Gasteiger partial charge in [-0.1, -0.05) is 36.4 Å². The maximum atomic E-state index is 13.4. The van der Waals surface area contributed by atoms with Crippen molar-refractivity contribution >= 4 is 23.2 Å². The summed E-state index contributed by atoms with van der Waals surface area (Å²) in [6.07, 6.45) is 1.66. The van der Waals surface area contributed by atoms with Crippen LogP contribution in [0.1, 0.15) is 22.3 Å². The van der Waals surface area contributed by atoms with Crippen molar-refractivity contribution in [1.29, 1.82) is 0 Å². The lowest BCUT2D eigenvalue weighted by Gasteiger charge is -2.30. The molecule has 1 aliphatic rings. The molecule has 152 valence electrons. The van der Waals surface area contributed by atoms with Crippen LogP contribution in [0.2, 0.25) is 0 Å². The molecule has 1 aliphatic heterocycles. The van der Waals surface area contributed by atoms with Crippen LogP contribution in [0.25, 0.3) is 0 Å². The Labute approximate surface area is 174 Å². The smallest absolute Gasteiger partial charge is 0.265 e. The van der Waals surface area contributed by atoms with E-state index in [0.717, 1.165) is 12.8 Å². The molecule has 2 amide bonds. The zero-order chi connectivity index (χ0) is 20.9. The molecule has 4 rings (SSSR count). The van der Waals surface area contributed by atoms with Crippen LogP contribution in [0.5, 0.6) is 5.75 Å². The zero-order valence-corrected chi connectivity index (χ0v) is 16.3. The molecule has 0 spiro atoms. The molecular weight excluding hydrogens is 383 g/mol. The van der Waals surface area contributed by atoms with E-state index in [1.807, 2.05) is 18.2 Å². The van der Waals surface area contributed by atoms with Gasteiger partial charge in [0, 0.05) is 17.8 Å². The number of nitrogens with one attached hydrogen (secondary N) is 1. The molecule has 30 heavy (non-hydrogen) atoms. The van der Waals surface area contributed by atoms with Crippen LogP contribution in [-0.2, 0) is 11.2 Å². The molecule has 0 unspecified atom stereocenters. The number of anilines is 2. The quantitative estimate of drug-likeness (QED) is 0.661.